The van der Waals surface area contributed by atoms with Gasteiger partial charge in [0.2, 0.25) is 22.8 Å². The van der Waals surface area contributed by atoms with Gasteiger partial charge in [-0.2, -0.15) is 0 Å². The van der Waals surface area contributed by atoms with Crippen LogP contribution in [0.4, 0.5) is 0 Å². The Morgan fingerprint density at radius 3 is 0.750 bits per heavy atom. The average Bonchev–Trinajstić information content (AvgIpc) is 1.55. The summed E-state index contributed by atoms with van der Waals surface area (Å²) >= 11 is 0. The SMILES string of the molecule is [2H]C1([2H])CC2(CCCC2)Cc2ccc(-c3cc[n+](C)c(-c4ccccc4C)c3)cc21.[2H]C1([2H])CC2(CCCCC2)Cc2ccc(-c3cc[n+](C)c(-c4ccccc4C)c3)cc21.[2H]C1([2H])c2cc(-c3cc[n+](C)c(-c4ccccc4C)c3)ccc2CC12CCCC2.[2H]C1([2H])c2cc(-c3cc[n+](C)c(-c4ccccc4C)c3)ccc2CC12CCCCC2. The monoisotopic (exact) mass is 1480 g/mol. The van der Waals surface area contributed by atoms with Gasteiger partial charge in [-0.1, -0.05) is 210 Å². The van der Waals surface area contributed by atoms with Gasteiger partial charge in [0.25, 0.3) is 0 Å². The molecule has 4 heterocycles. The lowest BCUT2D eigenvalue weighted by Crippen LogP contribution is -2.31. The minimum atomic E-state index is -1.25. The first-order valence-electron chi connectivity index (χ1n) is 46.3. The summed E-state index contributed by atoms with van der Waals surface area (Å²) in [5.74, 6) is 0. The summed E-state index contributed by atoms with van der Waals surface area (Å²) in [7, 11) is 8.33. The maximum atomic E-state index is 9.07. The Balaban J connectivity index is 0.000000114. The summed E-state index contributed by atoms with van der Waals surface area (Å²) in [6.07, 6.45) is 29.7. The molecule has 0 radical (unpaired) electrons. The van der Waals surface area contributed by atoms with Crippen LogP contribution < -0.4 is 18.3 Å². The van der Waals surface area contributed by atoms with E-state index in [9.17, 15) is 0 Å². The Bertz CT molecular complexity index is 5870. The van der Waals surface area contributed by atoms with E-state index in [0.717, 1.165) is 144 Å². The molecule has 0 amide bonds. The number of nitrogens with zero attached hydrogens (tertiary/aromatic N) is 4. The van der Waals surface area contributed by atoms with Gasteiger partial charge in [-0.3, -0.25) is 0 Å². The van der Waals surface area contributed by atoms with E-state index in [2.05, 4.69) is 317 Å². The van der Waals surface area contributed by atoms with Crippen molar-refractivity contribution in [1.82, 2.24) is 0 Å². The molecule has 0 atom stereocenters. The number of pyridine rings is 4. The standard InChI is InChI=1S/C28H32N.2C27H30N.C26H28N/c1-21-8-4-5-9-26(21)27-19-24(13-17-29(27)2)22-10-11-25-20-28(14-6-3-7-15-28)16-12-23(25)18-22;1-20-8-4-5-9-25(20)26-17-22(12-15-28(26)2)21-10-11-23-18-27(19-24(23)16-21)13-6-3-7-14-27;1-20-7-3-4-8-25(20)26-18-23(12-16-28(26)2)21-9-10-24-19-27(13-5-6-14-27)15-11-22(24)17-21;1-19-7-3-4-8-24(19)25-16-21(11-14-27(25)2)20-9-10-22-17-26(12-5-6-13-26)18-23(22)15-20/h4-5,8-11,13,17-19H,3,6-7,12,14-16,20H2,1-2H3;4-5,8-12,15-17H,3,6-7,13-14,18-19H2,1-2H3;3-4,7-10,12,16-18H,5-6,11,13-15,19H2,1-2H3;3-4,7-11,14-16H,5-6,12-13,17-18H2,1-2H3/q4*+1/i12D2;19D2;11D2;18D2. The van der Waals surface area contributed by atoms with Gasteiger partial charge >= 0.3 is 0 Å². The highest BCUT2D eigenvalue weighted by Crippen LogP contribution is 2.53. The van der Waals surface area contributed by atoms with Crippen LogP contribution in [-0.4, -0.2) is 0 Å². The minimum absolute atomic E-state index is 0.175. The molecule has 0 N–H and O–H groups in total. The molecule has 4 aromatic heterocycles. The lowest BCUT2D eigenvalue weighted by atomic mass is 9.64. The average molecular weight is 1480 g/mol. The highest BCUT2D eigenvalue weighted by atomic mass is 14.9. The maximum absolute atomic E-state index is 9.07. The Morgan fingerprint density at radius 1 is 0.232 bits per heavy atom. The van der Waals surface area contributed by atoms with Crippen molar-refractivity contribution in [2.24, 2.45) is 49.9 Å². The van der Waals surface area contributed by atoms with Crippen LogP contribution in [0.15, 0.2) is 243 Å². The summed E-state index contributed by atoms with van der Waals surface area (Å²) in [5, 5.41) is 0. The molecule has 4 nitrogen and oxygen atoms in total. The number of hydrogen-bond acceptors (Lipinski definition) is 0. The third kappa shape index (κ3) is 15.8. The van der Waals surface area contributed by atoms with Crippen molar-refractivity contribution in [2.75, 3.05) is 0 Å². The van der Waals surface area contributed by atoms with Crippen molar-refractivity contribution < 1.29 is 29.2 Å². The number of benzene rings is 8. The van der Waals surface area contributed by atoms with Crippen molar-refractivity contribution in [2.45, 2.75) is 207 Å². The molecule has 0 saturated heterocycles. The number of aryl methyl sites for hydroxylation is 10. The minimum Gasteiger partial charge on any atom is -0.201 e. The van der Waals surface area contributed by atoms with Gasteiger partial charge in [0.15, 0.2) is 24.8 Å². The van der Waals surface area contributed by atoms with E-state index in [4.69, 9.17) is 11.0 Å². The molecule has 8 aliphatic rings. The van der Waals surface area contributed by atoms with Crippen LogP contribution in [-0.2, 0) is 79.4 Å². The van der Waals surface area contributed by atoms with E-state index in [0.29, 0.717) is 12.8 Å². The molecule has 0 unspecified atom stereocenters. The normalized spacial score (nSPS) is 20.5. The van der Waals surface area contributed by atoms with Gasteiger partial charge < -0.3 is 0 Å². The number of hydrogen-bond donors (Lipinski definition) is 0. The first-order valence-corrected chi connectivity index (χ1v) is 42.3. The fraction of sp³-hybridized carbons (Fsp3) is 0.370. The van der Waals surface area contributed by atoms with Gasteiger partial charge in [-0.25, -0.2) is 18.3 Å². The van der Waals surface area contributed by atoms with E-state index >= 15 is 0 Å². The molecular formula is C108H120N4+4. The Morgan fingerprint density at radius 2 is 0.464 bits per heavy atom. The number of fused-ring (bicyclic) bond motifs is 4. The third-order valence-electron chi connectivity index (χ3n) is 27.3. The quantitative estimate of drug-likeness (QED) is 0.135. The molecule has 4 fully saturated rings. The molecule has 12 aromatic rings. The smallest absolute Gasteiger partial charge is 0.201 e. The van der Waals surface area contributed by atoms with Crippen LogP contribution >= 0.6 is 0 Å². The van der Waals surface area contributed by atoms with E-state index in [-0.39, 0.29) is 21.7 Å². The molecule has 0 aliphatic heterocycles. The highest BCUT2D eigenvalue weighted by molar-refractivity contribution is 5.75. The second kappa shape index (κ2) is 32.1. The summed E-state index contributed by atoms with van der Waals surface area (Å²) in [4.78, 5) is 0. The largest absolute Gasteiger partial charge is 0.213 e. The lowest BCUT2D eigenvalue weighted by molar-refractivity contribution is -0.660. The summed E-state index contributed by atoms with van der Waals surface area (Å²) in [6, 6.07) is 77.5. The Hall–Kier alpha value is -9.64. The number of aromatic nitrogens is 4. The summed E-state index contributed by atoms with van der Waals surface area (Å²) < 4.78 is 80.3. The van der Waals surface area contributed by atoms with Crippen molar-refractivity contribution in [1.29, 1.82) is 0 Å². The second-order valence-electron chi connectivity index (χ2n) is 35.2. The van der Waals surface area contributed by atoms with Crippen LogP contribution in [0.2, 0.25) is 0 Å². The first kappa shape index (κ1) is 65.9. The van der Waals surface area contributed by atoms with Crippen molar-refractivity contribution >= 4 is 0 Å². The molecule has 112 heavy (non-hydrogen) atoms. The zero-order valence-electron chi connectivity index (χ0n) is 75.9. The molecular weight excluding hydrogens is 1350 g/mol. The van der Waals surface area contributed by atoms with Crippen molar-refractivity contribution in [3.63, 3.8) is 0 Å². The zero-order chi connectivity index (χ0) is 83.7. The van der Waals surface area contributed by atoms with Crippen molar-refractivity contribution in [3.05, 3.63) is 310 Å². The van der Waals surface area contributed by atoms with E-state index in [1.165, 1.54) is 154 Å². The van der Waals surface area contributed by atoms with Gasteiger partial charge in [0.1, 0.15) is 28.2 Å². The van der Waals surface area contributed by atoms with Gasteiger partial charge in [0, 0.05) is 81.8 Å². The maximum Gasteiger partial charge on any atom is 0.213 e. The summed E-state index contributed by atoms with van der Waals surface area (Å²) in [6.45, 7) is 8.59. The third-order valence-corrected chi connectivity index (χ3v) is 27.3. The van der Waals surface area contributed by atoms with Gasteiger partial charge in [0.05, 0.1) is 0 Å². The van der Waals surface area contributed by atoms with Crippen LogP contribution in [0.1, 0.15) is 206 Å². The van der Waals surface area contributed by atoms with E-state index in [1.54, 1.807) is 0 Å². The predicted octanol–water partition coefficient (Wildman–Crippen LogP) is 24.8. The van der Waals surface area contributed by atoms with E-state index < -0.39 is 25.5 Å². The molecule has 568 valence electrons. The fourth-order valence-corrected chi connectivity index (χ4v) is 20.6. The molecule has 8 aliphatic carbocycles. The van der Waals surface area contributed by atoms with Crippen LogP contribution in [0, 0.1) is 49.4 Å². The first-order chi connectivity index (χ1) is 57.6. The second-order valence-corrected chi connectivity index (χ2v) is 35.2. The van der Waals surface area contributed by atoms with Gasteiger partial charge in [-0.15, -0.1) is 0 Å². The molecule has 4 heteroatoms. The zero-order valence-corrected chi connectivity index (χ0v) is 67.9. The number of rotatable bonds is 8. The fourth-order valence-electron chi connectivity index (χ4n) is 20.6. The molecule has 4 saturated carbocycles. The molecule has 0 bridgehead atoms. The Labute approximate surface area is 682 Å². The molecule has 20 rings (SSSR count). The highest BCUT2D eigenvalue weighted by Gasteiger charge is 2.42. The topological polar surface area (TPSA) is 15.5 Å². The van der Waals surface area contributed by atoms with Crippen molar-refractivity contribution in [3.8, 4) is 89.5 Å². The van der Waals surface area contributed by atoms with Crippen LogP contribution in [0.3, 0.4) is 0 Å². The summed E-state index contributed by atoms with van der Waals surface area (Å²) in [5.41, 5.74) is 32.2. The lowest BCUT2D eigenvalue weighted by Gasteiger charge is -2.41. The van der Waals surface area contributed by atoms with Crippen LogP contribution in [0.5, 0.6) is 0 Å². The van der Waals surface area contributed by atoms with Gasteiger partial charge in [-0.05, 0) is 300 Å². The molecule has 4 spiro atoms. The molecule has 8 aromatic carbocycles. The predicted molar refractivity (Wildman–Crippen MR) is 465 cm³/mol. The Kier molecular flexibility index (Phi) is 18.9. The van der Waals surface area contributed by atoms with Crippen LogP contribution in [0.25, 0.3) is 89.5 Å². The van der Waals surface area contributed by atoms with E-state index in [1.807, 2.05) is 0 Å².